The van der Waals surface area contributed by atoms with Crippen LogP contribution in [0.3, 0.4) is 0 Å². The second kappa shape index (κ2) is 4.08. The number of aryl methyl sites for hydroxylation is 1. The van der Waals surface area contributed by atoms with Gasteiger partial charge < -0.3 is 5.73 Å². The zero-order chi connectivity index (χ0) is 12.5. The summed E-state index contributed by atoms with van der Waals surface area (Å²) in [6.45, 7) is -0.760. The summed E-state index contributed by atoms with van der Waals surface area (Å²) in [4.78, 5) is 9.62. The van der Waals surface area contributed by atoms with Crippen LogP contribution in [0, 0.1) is 10.1 Å². The highest BCUT2D eigenvalue weighted by molar-refractivity contribution is 5.36. The Morgan fingerprint density at radius 3 is 2.62 bits per heavy atom. The maximum atomic E-state index is 12.6. The van der Waals surface area contributed by atoms with Crippen molar-refractivity contribution in [2.45, 2.75) is 12.1 Å². The van der Waals surface area contributed by atoms with Gasteiger partial charge >= 0.3 is 11.9 Å². The molecule has 0 saturated carbocycles. The van der Waals surface area contributed by atoms with Crippen LogP contribution in [0.2, 0.25) is 0 Å². The van der Waals surface area contributed by atoms with Crippen molar-refractivity contribution in [1.29, 1.82) is 0 Å². The minimum Gasteiger partial charge on any atom is -0.329 e. The van der Waals surface area contributed by atoms with Crippen LogP contribution in [0.5, 0.6) is 0 Å². The molecule has 1 rings (SSSR count). The molecule has 1 aromatic rings. The third-order valence-electron chi connectivity index (χ3n) is 2.12. The van der Waals surface area contributed by atoms with Gasteiger partial charge in [-0.3, -0.25) is 14.8 Å². The van der Waals surface area contributed by atoms with E-state index < -0.39 is 34.9 Å². The molecule has 16 heavy (non-hydrogen) atoms. The largest absolute Gasteiger partial charge is 0.398 e. The summed E-state index contributed by atoms with van der Waals surface area (Å²) >= 11 is 0. The fourth-order valence-corrected chi connectivity index (χ4v) is 1.38. The normalized spacial score (nSPS) is 13.8. The van der Waals surface area contributed by atoms with Gasteiger partial charge in [0, 0.05) is 13.6 Å². The number of hydrogen-bond donors (Lipinski definition) is 1. The van der Waals surface area contributed by atoms with E-state index in [1.54, 1.807) is 0 Å². The third-order valence-corrected chi connectivity index (χ3v) is 2.12. The van der Waals surface area contributed by atoms with E-state index in [2.05, 4.69) is 5.10 Å². The standard InChI is InChI=1S/C7H9F3N4O2/c1-13-6(4(2-11)7(8,9)10)5(3-12-13)14(15)16/h3-4H,2,11H2,1H3. The number of alkyl halides is 3. The molecule has 1 unspecified atom stereocenters. The quantitative estimate of drug-likeness (QED) is 0.626. The molecular weight excluding hydrogens is 229 g/mol. The number of nitrogens with two attached hydrogens (primary N) is 1. The van der Waals surface area contributed by atoms with Crippen LogP contribution in [0.15, 0.2) is 6.20 Å². The lowest BCUT2D eigenvalue weighted by Crippen LogP contribution is -2.30. The lowest BCUT2D eigenvalue weighted by molar-refractivity contribution is -0.386. The Bertz CT molecular complexity index is 401. The van der Waals surface area contributed by atoms with Gasteiger partial charge in [0.05, 0.1) is 4.92 Å². The minimum absolute atomic E-state index is 0.528. The highest BCUT2D eigenvalue weighted by Gasteiger charge is 2.45. The first-order chi connectivity index (χ1) is 7.29. The topological polar surface area (TPSA) is 87.0 Å². The Balaban J connectivity index is 3.29. The van der Waals surface area contributed by atoms with Gasteiger partial charge in [-0.25, -0.2) is 0 Å². The third kappa shape index (κ3) is 2.13. The van der Waals surface area contributed by atoms with Crippen molar-refractivity contribution in [2.75, 3.05) is 6.54 Å². The van der Waals surface area contributed by atoms with Crippen molar-refractivity contribution >= 4 is 5.69 Å². The van der Waals surface area contributed by atoms with Crippen LogP contribution < -0.4 is 5.73 Å². The molecule has 0 aliphatic heterocycles. The number of hydrogen-bond acceptors (Lipinski definition) is 4. The Hall–Kier alpha value is -1.64. The SMILES string of the molecule is Cn1ncc([N+](=O)[O-])c1C(CN)C(F)(F)F. The fraction of sp³-hybridized carbons (Fsp3) is 0.571. The molecule has 0 aliphatic carbocycles. The predicted molar refractivity (Wildman–Crippen MR) is 47.7 cm³/mol. The minimum atomic E-state index is -4.63. The Labute approximate surface area is 88.0 Å². The van der Waals surface area contributed by atoms with E-state index in [1.807, 2.05) is 0 Å². The van der Waals surface area contributed by atoms with E-state index in [-0.39, 0.29) is 0 Å². The molecule has 1 heterocycles. The second-order valence-electron chi connectivity index (χ2n) is 3.13. The van der Waals surface area contributed by atoms with Crippen molar-refractivity contribution in [1.82, 2.24) is 9.78 Å². The lowest BCUT2D eigenvalue weighted by atomic mass is 10.0. The molecule has 0 saturated heterocycles. The van der Waals surface area contributed by atoms with Crippen molar-refractivity contribution in [3.05, 3.63) is 22.0 Å². The van der Waals surface area contributed by atoms with Crippen LogP contribution in [-0.4, -0.2) is 27.4 Å². The van der Waals surface area contributed by atoms with E-state index in [0.717, 1.165) is 10.9 Å². The molecule has 90 valence electrons. The van der Waals surface area contributed by atoms with Crippen molar-refractivity contribution in [3.8, 4) is 0 Å². The van der Waals surface area contributed by atoms with E-state index in [1.165, 1.54) is 7.05 Å². The van der Waals surface area contributed by atoms with Crippen LogP contribution in [0.25, 0.3) is 0 Å². The molecule has 0 radical (unpaired) electrons. The molecule has 1 atom stereocenters. The molecule has 0 aliphatic rings. The fourth-order valence-electron chi connectivity index (χ4n) is 1.38. The van der Waals surface area contributed by atoms with E-state index in [4.69, 9.17) is 5.73 Å². The Morgan fingerprint density at radius 2 is 2.25 bits per heavy atom. The lowest BCUT2D eigenvalue weighted by Gasteiger charge is -2.17. The molecule has 0 bridgehead atoms. The van der Waals surface area contributed by atoms with E-state index in [9.17, 15) is 23.3 Å². The molecule has 1 aromatic heterocycles. The smallest absolute Gasteiger partial charge is 0.329 e. The van der Waals surface area contributed by atoms with Gasteiger partial charge in [0.1, 0.15) is 17.8 Å². The number of aromatic nitrogens is 2. The monoisotopic (exact) mass is 238 g/mol. The number of nitrogens with zero attached hydrogens (tertiary/aromatic N) is 3. The van der Waals surface area contributed by atoms with Gasteiger partial charge in [0.25, 0.3) is 0 Å². The maximum Gasteiger partial charge on any atom is 0.398 e. The first kappa shape index (κ1) is 12.4. The van der Waals surface area contributed by atoms with Crippen LogP contribution in [-0.2, 0) is 7.05 Å². The predicted octanol–water partition coefficient (Wildman–Crippen LogP) is 0.933. The molecule has 0 fully saturated rings. The van der Waals surface area contributed by atoms with E-state index >= 15 is 0 Å². The van der Waals surface area contributed by atoms with Gasteiger partial charge in [-0.05, 0) is 0 Å². The van der Waals surface area contributed by atoms with Crippen LogP contribution >= 0.6 is 0 Å². The summed E-state index contributed by atoms with van der Waals surface area (Å²) in [7, 11) is 1.21. The van der Waals surface area contributed by atoms with Gasteiger partial charge in [0.2, 0.25) is 0 Å². The molecule has 6 nitrogen and oxygen atoms in total. The van der Waals surface area contributed by atoms with Crippen molar-refractivity contribution in [3.63, 3.8) is 0 Å². The van der Waals surface area contributed by atoms with Gasteiger partial charge in [0.15, 0.2) is 0 Å². The molecule has 0 amide bonds. The van der Waals surface area contributed by atoms with Crippen molar-refractivity contribution in [2.24, 2.45) is 12.8 Å². The average molecular weight is 238 g/mol. The molecule has 2 N–H and O–H groups in total. The van der Waals surface area contributed by atoms with Gasteiger partial charge in [-0.2, -0.15) is 18.3 Å². The summed E-state index contributed by atoms with van der Waals surface area (Å²) in [5.41, 5.74) is 3.81. The summed E-state index contributed by atoms with van der Waals surface area (Å²) in [6.07, 6.45) is -3.85. The summed E-state index contributed by atoms with van der Waals surface area (Å²) < 4.78 is 38.5. The Kier molecular flexibility index (Phi) is 3.17. The molecule has 0 aromatic carbocycles. The van der Waals surface area contributed by atoms with Gasteiger partial charge in [-0.1, -0.05) is 0 Å². The summed E-state index contributed by atoms with van der Waals surface area (Å²) in [5.74, 6) is -2.08. The summed E-state index contributed by atoms with van der Waals surface area (Å²) in [5, 5.41) is 14.0. The molecular formula is C7H9F3N4O2. The first-order valence-electron chi connectivity index (χ1n) is 4.22. The summed E-state index contributed by atoms with van der Waals surface area (Å²) in [6, 6.07) is 0. The highest BCUT2D eigenvalue weighted by atomic mass is 19.4. The first-order valence-corrected chi connectivity index (χ1v) is 4.22. The maximum absolute atomic E-state index is 12.6. The van der Waals surface area contributed by atoms with Crippen LogP contribution in [0.4, 0.5) is 18.9 Å². The zero-order valence-electron chi connectivity index (χ0n) is 8.23. The average Bonchev–Trinajstić information content (AvgIpc) is 2.47. The number of halogens is 3. The zero-order valence-corrected chi connectivity index (χ0v) is 8.23. The van der Waals surface area contributed by atoms with Crippen LogP contribution in [0.1, 0.15) is 11.6 Å². The number of rotatable bonds is 3. The van der Waals surface area contributed by atoms with Gasteiger partial charge in [-0.15, -0.1) is 0 Å². The van der Waals surface area contributed by atoms with E-state index in [0.29, 0.717) is 0 Å². The highest BCUT2D eigenvalue weighted by Crippen LogP contribution is 2.37. The number of nitro groups is 1. The van der Waals surface area contributed by atoms with Crippen molar-refractivity contribution < 1.29 is 18.1 Å². The Morgan fingerprint density at radius 1 is 1.69 bits per heavy atom. The molecule has 9 heteroatoms. The second-order valence-corrected chi connectivity index (χ2v) is 3.13. The molecule has 0 spiro atoms.